The number of benzene rings is 1. The van der Waals surface area contributed by atoms with Gasteiger partial charge in [0.25, 0.3) is 0 Å². The van der Waals surface area contributed by atoms with Crippen LogP contribution in [0.2, 0.25) is 5.02 Å². The molecule has 2 rings (SSSR count). The average Bonchev–Trinajstić information content (AvgIpc) is 2.45. The summed E-state index contributed by atoms with van der Waals surface area (Å²) in [6, 6.07) is 3.54. The van der Waals surface area contributed by atoms with Crippen LogP contribution in [-0.4, -0.2) is 31.0 Å². The van der Waals surface area contributed by atoms with Gasteiger partial charge >= 0.3 is 5.97 Å². The van der Waals surface area contributed by atoms with Crippen LogP contribution in [0.3, 0.4) is 0 Å². The van der Waals surface area contributed by atoms with Crippen LogP contribution < -0.4 is 9.47 Å². The van der Waals surface area contributed by atoms with E-state index in [0.29, 0.717) is 36.3 Å². The highest BCUT2D eigenvalue weighted by Gasteiger charge is 2.20. The van der Waals surface area contributed by atoms with Gasteiger partial charge in [0.15, 0.2) is 11.5 Å². The van der Waals surface area contributed by atoms with Crippen LogP contribution in [0.15, 0.2) is 17.0 Å². The molecular formula is C14H17ClO4S. The topological polar surface area (TPSA) is 44.8 Å². The summed E-state index contributed by atoms with van der Waals surface area (Å²) < 4.78 is 16.1. The summed E-state index contributed by atoms with van der Waals surface area (Å²) in [5.41, 5.74) is 0. The smallest absolute Gasteiger partial charge is 0.319 e. The highest BCUT2D eigenvalue weighted by molar-refractivity contribution is 8.00. The Labute approximate surface area is 127 Å². The molecule has 0 aliphatic carbocycles. The second kappa shape index (κ2) is 7.09. The first-order valence-electron chi connectivity index (χ1n) is 6.54. The van der Waals surface area contributed by atoms with Gasteiger partial charge in [-0.15, -0.1) is 11.8 Å². The Hall–Kier alpha value is -1.07. The number of carbonyl (C=O) groups excluding carboxylic acids is 1. The number of esters is 1. The van der Waals surface area contributed by atoms with Crippen molar-refractivity contribution in [1.82, 2.24) is 0 Å². The van der Waals surface area contributed by atoms with Crippen LogP contribution in [-0.2, 0) is 9.53 Å². The third-order valence-electron chi connectivity index (χ3n) is 2.68. The van der Waals surface area contributed by atoms with Crippen LogP contribution in [0.4, 0.5) is 0 Å². The van der Waals surface area contributed by atoms with E-state index in [0.717, 1.165) is 11.3 Å². The second-order valence-corrected chi connectivity index (χ2v) is 6.14. The zero-order chi connectivity index (χ0) is 14.5. The normalized spacial score (nSPS) is 14.8. The summed E-state index contributed by atoms with van der Waals surface area (Å²) in [7, 11) is 0. The molecule has 1 heterocycles. The monoisotopic (exact) mass is 316 g/mol. The maximum Gasteiger partial charge on any atom is 0.319 e. The van der Waals surface area contributed by atoms with Gasteiger partial charge in [-0.1, -0.05) is 18.5 Å². The van der Waals surface area contributed by atoms with Crippen molar-refractivity contribution in [1.29, 1.82) is 0 Å². The molecule has 0 fully saturated rings. The zero-order valence-electron chi connectivity index (χ0n) is 11.5. The van der Waals surface area contributed by atoms with Crippen LogP contribution in [0.1, 0.15) is 20.3 Å². The Morgan fingerprint density at radius 2 is 2.05 bits per heavy atom. The van der Waals surface area contributed by atoms with Gasteiger partial charge in [0.05, 0.1) is 11.6 Å². The summed E-state index contributed by atoms with van der Waals surface area (Å²) in [6.07, 6.45) is 0.813. The first-order valence-corrected chi connectivity index (χ1v) is 7.80. The number of hydrogen-bond acceptors (Lipinski definition) is 5. The lowest BCUT2D eigenvalue weighted by Crippen LogP contribution is -2.18. The number of fused-ring (bicyclic) bond motifs is 1. The van der Waals surface area contributed by atoms with Crippen molar-refractivity contribution < 1.29 is 19.0 Å². The molecule has 0 spiro atoms. The van der Waals surface area contributed by atoms with Crippen molar-refractivity contribution in [2.75, 3.05) is 19.8 Å². The molecule has 0 radical (unpaired) electrons. The molecule has 1 aliphatic rings. The summed E-state index contributed by atoms with van der Waals surface area (Å²) in [6.45, 7) is 5.25. The molecule has 0 N–H and O–H groups in total. The van der Waals surface area contributed by atoms with Crippen LogP contribution in [0, 0.1) is 0 Å². The van der Waals surface area contributed by atoms with Gasteiger partial charge in [-0.05, 0) is 19.4 Å². The molecular weight excluding hydrogens is 300 g/mol. The summed E-state index contributed by atoms with van der Waals surface area (Å²) in [5.74, 6) is 1.08. The minimum atomic E-state index is -0.318. The van der Waals surface area contributed by atoms with E-state index in [1.54, 1.807) is 13.0 Å². The molecule has 20 heavy (non-hydrogen) atoms. The van der Waals surface area contributed by atoms with Gasteiger partial charge < -0.3 is 14.2 Å². The molecule has 0 saturated heterocycles. The standard InChI is InChI=1S/C14H17ClO4S/c1-3-4-19-14(16)9(2)20-13-8-12-11(7-10(13)15)17-5-6-18-12/h7-9H,3-6H2,1-2H3. The molecule has 6 heteroatoms. The Morgan fingerprint density at radius 1 is 1.40 bits per heavy atom. The lowest BCUT2D eigenvalue weighted by Gasteiger charge is -2.20. The maximum atomic E-state index is 11.8. The molecule has 1 aromatic carbocycles. The van der Waals surface area contributed by atoms with Crippen molar-refractivity contribution in [2.45, 2.75) is 30.4 Å². The van der Waals surface area contributed by atoms with Gasteiger partial charge in [0.2, 0.25) is 0 Å². The van der Waals surface area contributed by atoms with Gasteiger partial charge in [-0.3, -0.25) is 4.79 Å². The van der Waals surface area contributed by atoms with Crippen molar-refractivity contribution in [3.8, 4) is 11.5 Å². The van der Waals surface area contributed by atoms with E-state index in [9.17, 15) is 4.79 Å². The third-order valence-corrected chi connectivity index (χ3v) is 4.24. The number of carbonyl (C=O) groups is 1. The average molecular weight is 317 g/mol. The Kier molecular flexibility index (Phi) is 5.43. The molecule has 0 bridgehead atoms. The largest absolute Gasteiger partial charge is 0.486 e. The van der Waals surface area contributed by atoms with Gasteiger partial charge in [-0.25, -0.2) is 0 Å². The van der Waals surface area contributed by atoms with Gasteiger partial charge in [0, 0.05) is 11.0 Å². The van der Waals surface area contributed by atoms with Gasteiger partial charge in [-0.2, -0.15) is 0 Å². The highest BCUT2D eigenvalue weighted by Crippen LogP contribution is 2.40. The van der Waals surface area contributed by atoms with Crippen molar-refractivity contribution in [2.24, 2.45) is 0 Å². The molecule has 0 saturated carbocycles. The summed E-state index contributed by atoms with van der Waals surface area (Å²) in [4.78, 5) is 12.6. The molecule has 110 valence electrons. The van der Waals surface area contributed by atoms with E-state index >= 15 is 0 Å². The Morgan fingerprint density at radius 3 is 2.70 bits per heavy atom. The quantitative estimate of drug-likeness (QED) is 0.614. The molecule has 1 atom stereocenters. The zero-order valence-corrected chi connectivity index (χ0v) is 13.1. The van der Waals surface area contributed by atoms with E-state index < -0.39 is 0 Å². The Balaban J connectivity index is 2.07. The number of hydrogen-bond donors (Lipinski definition) is 0. The van der Waals surface area contributed by atoms with Crippen LogP contribution in [0.5, 0.6) is 11.5 Å². The number of thioether (sulfide) groups is 1. The fraction of sp³-hybridized carbons (Fsp3) is 0.500. The van der Waals surface area contributed by atoms with Crippen molar-refractivity contribution in [3.63, 3.8) is 0 Å². The first kappa shape index (κ1) is 15.3. The molecule has 1 unspecified atom stereocenters. The minimum Gasteiger partial charge on any atom is -0.486 e. The van der Waals surface area contributed by atoms with Crippen LogP contribution in [0.25, 0.3) is 0 Å². The van der Waals surface area contributed by atoms with E-state index in [2.05, 4.69) is 0 Å². The fourth-order valence-corrected chi connectivity index (χ4v) is 2.87. The SMILES string of the molecule is CCCOC(=O)C(C)Sc1cc2c(cc1Cl)OCCO2. The molecule has 1 aromatic rings. The minimum absolute atomic E-state index is 0.234. The van der Waals surface area contributed by atoms with E-state index in [4.69, 9.17) is 25.8 Å². The molecule has 0 aromatic heterocycles. The van der Waals surface area contributed by atoms with E-state index in [1.165, 1.54) is 11.8 Å². The molecule has 0 amide bonds. The lowest BCUT2D eigenvalue weighted by atomic mass is 10.3. The number of halogens is 1. The van der Waals surface area contributed by atoms with E-state index in [1.807, 2.05) is 13.0 Å². The number of rotatable bonds is 5. The Bertz CT molecular complexity index is 492. The van der Waals surface area contributed by atoms with Crippen molar-refractivity contribution >= 4 is 29.3 Å². The predicted molar refractivity (Wildman–Crippen MR) is 79.0 cm³/mol. The number of ether oxygens (including phenoxy) is 3. The highest BCUT2D eigenvalue weighted by atomic mass is 35.5. The lowest BCUT2D eigenvalue weighted by molar-refractivity contribution is -0.142. The van der Waals surface area contributed by atoms with E-state index in [-0.39, 0.29) is 11.2 Å². The van der Waals surface area contributed by atoms with Crippen molar-refractivity contribution in [3.05, 3.63) is 17.2 Å². The summed E-state index contributed by atoms with van der Waals surface area (Å²) >= 11 is 7.57. The van der Waals surface area contributed by atoms with Gasteiger partial charge in [0.1, 0.15) is 18.5 Å². The third kappa shape index (κ3) is 3.73. The molecule has 4 nitrogen and oxygen atoms in total. The maximum absolute atomic E-state index is 11.8. The second-order valence-electron chi connectivity index (χ2n) is 4.35. The predicted octanol–water partition coefficient (Wildman–Crippen LogP) is 3.55. The fourth-order valence-electron chi connectivity index (χ4n) is 1.69. The first-order chi connectivity index (χ1) is 9.61. The summed E-state index contributed by atoms with van der Waals surface area (Å²) in [5, 5.41) is 0.232. The molecule has 1 aliphatic heterocycles. The van der Waals surface area contributed by atoms with Crippen LogP contribution >= 0.6 is 23.4 Å².